The zero-order valence-electron chi connectivity index (χ0n) is 10.6. The van der Waals surface area contributed by atoms with Crippen molar-refractivity contribution in [3.63, 3.8) is 0 Å². The van der Waals surface area contributed by atoms with Crippen LogP contribution in [0.3, 0.4) is 0 Å². The van der Waals surface area contributed by atoms with Gasteiger partial charge in [0.15, 0.2) is 5.78 Å². The molecular formula is C16H14ClFO. The number of rotatable bonds is 4. The van der Waals surface area contributed by atoms with Gasteiger partial charge in [0.1, 0.15) is 5.82 Å². The summed E-state index contributed by atoms with van der Waals surface area (Å²) in [5.74, 6) is -0.492. The number of benzene rings is 2. The Labute approximate surface area is 117 Å². The fourth-order valence-electron chi connectivity index (χ4n) is 1.99. The number of aryl methyl sites for hydroxylation is 2. The van der Waals surface area contributed by atoms with E-state index in [1.165, 1.54) is 23.8 Å². The average Bonchev–Trinajstić information content (AvgIpc) is 2.37. The second-order valence-electron chi connectivity index (χ2n) is 4.47. The fourth-order valence-corrected chi connectivity index (χ4v) is 2.26. The molecule has 98 valence electrons. The van der Waals surface area contributed by atoms with Gasteiger partial charge in [0, 0.05) is 12.0 Å². The Balaban J connectivity index is 2.08. The van der Waals surface area contributed by atoms with Gasteiger partial charge in [0.05, 0.1) is 5.02 Å². The fraction of sp³-hybridized carbons (Fsp3) is 0.188. The maximum Gasteiger partial charge on any atom is 0.164 e. The lowest BCUT2D eigenvalue weighted by molar-refractivity contribution is 0.0983. The molecule has 1 nitrogen and oxygen atoms in total. The van der Waals surface area contributed by atoms with Gasteiger partial charge in [-0.05, 0) is 42.7 Å². The first kappa shape index (κ1) is 13.8. The van der Waals surface area contributed by atoms with E-state index >= 15 is 0 Å². The second-order valence-corrected chi connectivity index (χ2v) is 4.88. The summed E-state index contributed by atoms with van der Waals surface area (Å²) in [6.45, 7) is 2.02. The molecule has 0 spiro atoms. The van der Waals surface area contributed by atoms with Crippen molar-refractivity contribution < 1.29 is 9.18 Å². The van der Waals surface area contributed by atoms with Crippen LogP contribution in [-0.4, -0.2) is 5.78 Å². The minimum absolute atomic E-state index is 0.0618. The van der Waals surface area contributed by atoms with Crippen LogP contribution < -0.4 is 0 Å². The highest BCUT2D eigenvalue weighted by Gasteiger charge is 2.11. The largest absolute Gasteiger partial charge is 0.294 e. The molecule has 0 saturated heterocycles. The second kappa shape index (κ2) is 5.98. The van der Waals surface area contributed by atoms with Gasteiger partial charge in [-0.15, -0.1) is 0 Å². The van der Waals surface area contributed by atoms with E-state index in [1.54, 1.807) is 0 Å². The molecule has 0 atom stereocenters. The van der Waals surface area contributed by atoms with Crippen LogP contribution in [0.25, 0.3) is 0 Å². The molecule has 2 rings (SSSR count). The van der Waals surface area contributed by atoms with Crippen molar-refractivity contribution >= 4 is 17.4 Å². The van der Waals surface area contributed by atoms with Gasteiger partial charge in [-0.1, -0.05) is 35.9 Å². The Morgan fingerprint density at radius 1 is 1.21 bits per heavy atom. The number of hydrogen-bond donors (Lipinski definition) is 0. The zero-order chi connectivity index (χ0) is 13.8. The summed E-state index contributed by atoms with van der Waals surface area (Å²) in [5.41, 5.74) is 2.70. The summed E-state index contributed by atoms with van der Waals surface area (Å²) >= 11 is 5.88. The van der Waals surface area contributed by atoms with Crippen LogP contribution in [0.2, 0.25) is 5.02 Å². The molecule has 0 aliphatic rings. The Kier molecular flexibility index (Phi) is 4.33. The molecule has 2 aromatic carbocycles. The van der Waals surface area contributed by atoms with Gasteiger partial charge in [-0.25, -0.2) is 4.39 Å². The van der Waals surface area contributed by atoms with Gasteiger partial charge in [-0.3, -0.25) is 4.79 Å². The van der Waals surface area contributed by atoms with E-state index in [2.05, 4.69) is 0 Å². The monoisotopic (exact) mass is 276 g/mol. The van der Waals surface area contributed by atoms with Crippen LogP contribution in [0, 0.1) is 12.7 Å². The number of halogens is 2. The van der Waals surface area contributed by atoms with E-state index in [1.807, 2.05) is 31.2 Å². The normalized spacial score (nSPS) is 10.5. The first-order valence-electron chi connectivity index (χ1n) is 6.10. The number of Topliss-reactive ketones (excluding diaryl/α,β-unsaturated/α-hetero) is 1. The summed E-state index contributed by atoms with van der Waals surface area (Å²) < 4.78 is 12.9. The number of carbonyl (C=O) groups is 1. The Morgan fingerprint density at radius 3 is 2.63 bits per heavy atom. The van der Waals surface area contributed by atoms with Gasteiger partial charge < -0.3 is 0 Å². The third-order valence-corrected chi connectivity index (χ3v) is 3.43. The predicted molar refractivity (Wildman–Crippen MR) is 75.2 cm³/mol. The topological polar surface area (TPSA) is 17.1 Å². The summed E-state index contributed by atoms with van der Waals surface area (Å²) in [4.78, 5) is 12.1. The molecule has 19 heavy (non-hydrogen) atoms. The summed E-state index contributed by atoms with van der Waals surface area (Å²) in [5, 5.41) is 0.176. The predicted octanol–water partition coefficient (Wildman–Crippen LogP) is 4.60. The van der Waals surface area contributed by atoms with Crippen LogP contribution in [0.15, 0.2) is 42.5 Å². The molecule has 0 amide bonds. The van der Waals surface area contributed by atoms with Crippen LogP contribution in [0.1, 0.15) is 27.9 Å². The quantitative estimate of drug-likeness (QED) is 0.746. The SMILES string of the molecule is Cc1ccccc1CCC(=O)c1ccc(F)cc1Cl. The van der Waals surface area contributed by atoms with E-state index in [0.29, 0.717) is 18.4 Å². The van der Waals surface area contributed by atoms with E-state index in [0.717, 1.165) is 5.56 Å². The smallest absolute Gasteiger partial charge is 0.164 e. The van der Waals surface area contributed by atoms with Crippen molar-refractivity contribution in [3.8, 4) is 0 Å². The molecule has 0 bridgehead atoms. The van der Waals surface area contributed by atoms with Gasteiger partial charge in [0.25, 0.3) is 0 Å². The van der Waals surface area contributed by atoms with E-state index < -0.39 is 5.82 Å². The van der Waals surface area contributed by atoms with Crippen molar-refractivity contribution in [2.75, 3.05) is 0 Å². The van der Waals surface area contributed by atoms with Crippen molar-refractivity contribution in [1.29, 1.82) is 0 Å². The van der Waals surface area contributed by atoms with Crippen molar-refractivity contribution in [3.05, 3.63) is 70.0 Å². The molecule has 0 aliphatic carbocycles. The molecule has 0 unspecified atom stereocenters. The van der Waals surface area contributed by atoms with Crippen LogP contribution in [0.5, 0.6) is 0 Å². The average molecular weight is 277 g/mol. The number of carbonyl (C=O) groups excluding carboxylic acids is 1. The molecule has 0 radical (unpaired) electrons. The maximum absolute atomic E-state index is 12.9. The van der Waals surface area contributed by atoms with Crippen molar-refractivity contribution in [2.24, 2.45) is 0 Å². The minimum Gasteiger partial charge on any atom is -0.294 e. The third-order valence-electron chi connectivity index (χ3n) is 3.11. The number of hydrogen-bond acceptors (Lipinski definition) is 1. The molecule has 0 heterocycles. The van der Waals surface area contributed by atoms with E-state index in [4.69, 9.17) is 11.6 Å². The lowest BCUT2D eigenvalue weighted by Gasteiger charge is -2.06. The highest BCUT2D eigenvalue weighted by atomic mass is 35.5. The molecule has 0 saturated carbocycles. The summed E-state index contributed by atoms with van der Waals surface area (Å²) in [7, 11) is 0. The lowest BCUT2D eigenvalue weighted by atomic mass is 10.00. The van der Waals surface area contributed by atoms with Crippen molar-refractivity contribution in [2.45, 2.75) is 19.8 Å². The zero-order valence-corrected chi connectivity index (χ0v) is 11.4. The highest BCUT2D eigenvalue weighted by Crippen LogP contribution is 2.20. The molecule has 0 fully saturated rings. The van der Waals surface area contributed by atoms with Gasteiger partial charge >= 0.3 is 0 Å². The van der Waals surface area contributed by atoms with Crippen molar-refractivity contribution in [1.82, 2.24) is 0 Å². The first-order valence-corrected chi connectivity index (χ1v) is 6.48. The summed E-state index contributed by atoms with van der Waals surface area (Å²) in [6.07, 6.45) is 1.04. The Hall–Kier alpha value is -1.67. The molecule has 0 aliphatic heterocycles. The first-order chi connectivity index (χ1) is 9.08. The molecule has 3 heteroatoms. The Morgan fingerprint density at radius 2 is 1.95 bits per heavy atom. The molecular weight excluding hydrogens is 263 g/mol. The van der Waals surface area contributed by atoms with Gasteiger partial charge in [0.2, 0.25) is 0 Å². The van der Waals surface area contributed by atoms with Crippen LogP contribution in [0.4, 0.5) is 4.39 Å². The lowest BCUT2D eigenvalue weighted by Crippen LogP contribution is -2.03. The third kappa shape index (κ3) is 3.42. The van der Waals surface area contributed by atoms with Crippen LogP contribution in [-0.2, 0) is 6.42 Å². The molecule has 2 aromatic rings. The standard InChI is InChI=1S/C16H14ClFO/c1-11-4-2-3-5-12(11)6-9-16(19)14-8-7-13(18)10-15(14)17/h2-5,7-8,10H,6,9H2,1H3. The van der Waals surface area contributed by atoms with Gasteiger partial charge in [-0.2, -0.15) is 0 Å². The maximum atomic E-state index is 12.9. The molecule has 0 N–H and O–H groups in total. The van der Waals surface area contributed by atoms with E-state index in [-0.39, 0.29) is 10.8 Å². The number of ketones is 1. The highest BCUT2D eigenvalue weighted by molar-refractivity contribution is 6.33. The molecule has 0 aromatic heterocycles. The van der Waals surface area contributed by atoms with Crippen LogP contribution >= 0.6 is 11.6 Å². The summed E-state index contributed by atoms with van der Waals surface area (Å²) in [6, 6.07) is 11.8. The van der Waals surface area contributed by atoms with E-state index in [9.17, 15) is 9.18 Å². The minimum atomic E-state index is -0.430. The Bertz CT molecular complexity index is 607.